The van der Waals surface area contributed by atoms with E-state index in [-0.39, 0.29) is 35.7 Å². The van der Waals surface area contributed by atoms with Gasteiger partial charge in [0.1, 0.15) is 5.82 Å². The molecule has 1 aliphatic rings. The van der Waals surface area contributed by atoms with Gasteiger partial charge < -0.3 is 20.4 Å². The predicted molar refractivity (Wildman–Crippen MR) is 132 cm³/mol. The van der Waals surface area contributed by atoms with Crippen LogP contribution in [-0.2, 0) is 17.9 Å². The van der Waals surface area contributed by atoms with Crippen LogP contribution in [0.25, 0.3) is 0 Å². The van der Waals surface area contributed by atoms with Crippen molar-refractivity contribution >= 4 is 35.8 Å². The number of nitrogens with one attached hydrogen (secondary N) is 2. The molecule has 0 radical (unpaired) electrons. The largest absolute Gasteiger partial charge is 0.357 e. The first-order valence-electron chi connectivity index (χ1n) is 10.7. The lowest BCUT2D eigenvalue weighted by atomic mass is 10.1. The van der Waals surface area contributed by atoms with E-state index in [4.69, 9.17) is 0 Å². The van der Waals surface area contributed by atoms with Crippen LogP contribution >= 0.6 is 24.0 Å². The normalized spacial score (nSPS) is 15.0. The van der Waals surface area contributed by atoms with Gasteiger partial charge in [0.2, 0.25) is 5.91 Å². The van der Waals surface area contributed by atoms with Crippen LogP contribution < -0.4 is 10.6 Å². The van der Waals surface area contributed by atoms with Crippen LogP contribution in [0.5, 0.6) is 0 Å². The van der Waals surface area contributed by atoms with Gasteiger partial charge in [0.15, 0.2) is 5.96 Å². The molecule has 1 aromatic carbocycles. The first-order chi connectivity index (χ1) is 14.0. The van der Waals surface area contributed by atoms with Crippen LogP contribution in [0.2, 0.25) is 0 Å². The quantitative estimate of drug-likeness (QED) is 0.221. The number of likely N-dealkylation sites (tertiary alicyclic amines) is 1. The topological polar surface area (TPSA) is 60.0 Å². The number of benzene rings is 1. The van der Waals surface area contributed by atoms with E-state index in [1.807, 2.05) is 36.9 Å². The third kappa shape index (κ3) is 9.59. The molecule has 6 nitrogen and oxygen atoms in total. The molecule has 1 heterocycles. The zero-order chi connectivity index (χ0) is 21.1. The summed E-state index contributed by atoms with van der Waals surface area (Å²) in [5.74, 6) is 0.848. The molecule has 0 bridgehead atoms. The molecular weight excluding hydrogens is 496 g/mol. The van der Waals surface area contributed by atoms with Crippen molar-refractivity contribution in [1.29, 1.82) is 0 Å². The Bertz CT molecular complexity index is 683. The number of carbonyl (C=O) groups excluding carboxylic acids is 1. The second-order valence-electron chi connectivity index (χ2n) is 7.83. The minimum absolute atomic E-state index is 0. The van der Waals surface area contributed by atoms with E-state index in [1.165, 1.54) is 6.07 Å². The van der Waals surface area contributed by atoms with E-state index in [0.717, 1.165) is 63.4 Å². The minimum atomic E-state index is -0.181. The predicted octanol–water partition coefficient (Wildman–Crippen LogP) is 3.35. The van der Waals surface area contributed by atoms with Crippen LogP contribution in [0.3, 0.4) is 0 Å². The number of carbonyl (C=O) groups is 1. The van der Waals surface area contributed by atoms with E-state index in [1.54, 1.807) is 6.07 Å². The molecule has 1 fully saturated rings. The lowest BCUT2D eigenvalue weighted by Gasteiger charge is -2.20. The smallest absolute Gasteiger partial charge is 0.222 e. The highest BCUT2D eigenvalue weighted by atomic mass is 127. The number of guanidine groups is 1. The van der Waals surface area contributed by atoms with E-state index in [9.17, 15) is 9.18 Å². The summed E-state index contributed by atoms with van der Waals surface area (Å²) >= 11 is 0. The minimum Gasteiger partial charge on any atom is -0.357 e. The van der Waals surface area contributed by atoms with Crippen molar-refractivity contribution in [1.82, 2.24) is 20.4 Å². The van der Waals surface area contributed by atoms with Gasteiger partial charge in [-0.3, -0.25) is 4.79 Å². The molecule has 0 atom stereocenters. The van der Waals surface area contributed by atoms with Crippen molar-refractivity contribution in [3.8, 4) is 0 Å². The summed E-state index contributed by atoms with van der Waals surface area (Å²) in [6.07, 6.45) is 4.85. The molecule has 2 rings (SSSR count). The van der Waals surface area contributed by atoms with Crippen molar-refractivity contribution < 1.29 is 9.18 Å². The highest BCUT2D eigenvalue weighted by molar-refractivity contribution is 14.0. The molecule has 30 heavy (non-hydrogen) atoms. The Hall–Kier alpha value is -1.42. The Morgan fingerprint density at radius 3 is 2.77 bits per heavy atom. The molecule has 0 saturated carbocycles. The first kappa shape index (κ1) is 26.6. The van der Waals surface area contributed by atoms with Crippen molar-refractivity contribution in [2.24, 2.45) is 4.99 Å². The van der Waals surface area contributed by atoms with Crippen molar-refractivity contribution in [2.75, 3.05) is 40.3 Å². The fraction of sp³-hybridized carbons (Fsp3) is 0.636. The van der Waals surface area contributed by atoms with Gasteiger partial charge in [0.05, 0.1) is 6.54 Å². The average molecular weight is 533 g/mol. The monoisotopic (exact) mass is 533 g/mol. The Morgan fingerprint density at radius 2 is 2.03 bits per heavy atom. The number of hydrogen-bond acceptors (Lipinski definition) is 3. The molecule has 1 saturated heterocycles. The number of rotatable bonds is 9. The van der Waals surface area contributed by atoms with Gasteiger partial charge in [0.25, 0.3) is 0 Å². The molecule has 0 aromatic heterocycles. The number of aliphatic imine (C=N–C) groups is 1. The first-order valence-corrected chi connectivity index (χ1v) is 10.7. The maximum absolute atomic E-state index is 13.9. The summed E-state index contributed by atoms with van der Waals surface area (Å²) in [6.45, 7) is 6.28. The van der Waals surface area contributed by atoms with Gasteiger partial charge in [-0.1, -0.05) is 12.5 Å². The summed E-state index contributed by atoms with van der Waals surface area (Å²) in [6, 6.07) is 5.18. The van der Waals surface area contributed by atoms with Crippen LogP contribution in [-0.4, -0.2) is 61.9 Å². The summed E-state index contributed by atoms with van der Waals surface area (Å²) in [5.41, 5.74) is 1.67. The number of hydrogen-bond donors (Lipinski definition) is 2. The molecular formula is C22H37FIN5O. The molecule has 170 valence electrons. The van der Waals surface area contributed by atoms with Crippen molar-refractivity contribution in [3.63, 3.8) is 0 Å². The number of halogens is 2. The third-order valence-electron chi connectivity index (χ3n) is 4.93. The van der Waals surface area contributed by atoms with Gasteiger partial charge in [-0.05, 0) is 58.0 Å². The standard InChI is InChI=1S/C22H36FN5O.HI/c1-4-24-22(25-12-8-14-28-13-7-5-6-9-21(28)29)26-16-18-10-11-20(23)19(15-18)17-27(2)3;/h10-11,15H,4-9,12-14,16-17H2,1-3H3,(H2,24,25,26);1H. The van der Waals surface area contributed by atoms with E-state index >= 15 is 0 Å². The second-order valence-corrected chi connectivity index (χ2v) is 7.83. The van der Waals surface area contributed by atoms with Gasteiger partial charge in [0, 0.05) is 44.7 Å². The molecule has 0 spiro atoms. The highest BCUT2D eigenvalue weighted by Crippen LogP contribution is 2.13. The summed E-state index contributed by atoms with van der Waals surface area (Å²) in [5, 5.41) is 6.58. The second kappa shape index (κ2) is 14.6. The zero-order valence-electron chi connectivity index (χ0n) is 18.5. The van der Waals surface area contributed by atoms with E-state index in [2.05, 4.69) is 15.6 Å². The SMILES string of the molecule is CCNC(=NCc1ccc(F)c(CN(C)C)c1)NCCCN1CCCCCC1=O.I. The average Bonchev–Trinajstić information content (AvgIpc) is 2.89. The third-order valence-corrected chi connectivity index (χ3v) is 4.93. The maximum Gasteiger partial charge on any atom is 0.222 e. The molecule has 2 N–H and O–H groups in total. The lowest BCUT2D eigenvalue weighted by molar-refractivity contribution is -0.130. The fourth-order valence-electron chi connectivity index (χ4n) is 3.45. The summed E-state index contributed by atoms with van der Waals surface area (Å²) < 4.78 is 13.9. The van der Waals surface area contributed by atoms with Crippen molar-refractivity contribution in [2.45, 2.75) is 52.1 Å². The lowest BCUT2D eigenvalue weighted by Crippen LogP contribution is -2.39. The molecule has 1 aliphatic heterocycles. The number of nitrogens with zero attached hydrogens (tertiary/aromatic N) is 3. The van der Waals surface area contributed by atoms with E-state index < -0.39 is 0 Å². The van der Waals surface area contributed by atoms with Crippen LogP contribution in [0.15, 0.2) is 23.2 Å². The van der Waals surface area contributed by atoms with E-state index in [0.29, 0.717) is 25.1 Å². The van der Waals surface area contributed by atoms with Crippen LogP contribution in [0.1, 0.15) is 50.2 Å². The molecule has 1 amide bonds. The van der Waals surface area contributed by atoms with Crippen LogP contribution in [0.4, 0.5) is 4.39 Å². The van der Waals surface area contributed by atoms with Crippen LogP contribution in [0, 0.1) is 5.82 Å². The Balaban J connectivity index is 0.00000450. The molecule has 8 heteroatoms. The number of amides is 1. The van der Waals surface area contributed by atoms with Gasteiger partial charge in [-0.2, -0.15) is 0 Å². The Labute approximate surface area is 197 Å². The van der Waals surface area contributed by atoms with Gasteiger partial charge >= 0.3 is 0 Å². The molecule has 1 aromatic rings. The van der Waals surface area contributed by atoms with Crippen molar-refractivity contribution in [3.05, 3.63) is 35.1 Å². The molecule has 0 unspecified atom stereocenters. The summed E-state index contributed by atoms with van der Waals surface area (Å²) in [7, 11) is 3.85. The van der Waals surface area contributed by atoms with Gasteiger partial charge in [-0.25, -0.2) is 9.38 Å². The molecule has 0 aliphatic carbocycles. The maximum atomic E-state index is 13.9. The summed E-state index contributed by atoms with van der Waals surface area (Å²) in [4.78, 5) is 20.6. The fourth-order valence-corrected chi connectivity index (χ4v) is 3.45. The Morgan fingerprint density at radius 1 is 1.23 bits per heavy atom. The van der Waals surface area contributed by atoms with Gasteiger partial charge in [-0.15, -0.1) is 24.0 Å². The zero-order valence-corrected chi connectivity index (χ0v) is 20.9. The highest BCUT2D eigenvalue weighted by Gasteiger charge is 2.15. The Kier molecular flexibility index (Phi) is 12.9.